The molecule has 4 aromatic rings. The largest absolute Gasteiger partial charge is 0.486 e. The van der Waals surface area contributed by atoms with Crippen molar-refractivity contribution in [2.45, 2.75) is 13.5 Å². The molecule has 2 aromatic carbocycles. The van der Waals surface area contributed by atoms with Crippen LogP contribution < -0.4 is 10.1 Å². The topological polar surface area (TPSA) is 98.8 Å². The van der Waals surface area contributed by atoms with Gasteiger partial charge < -0.3 is 14.5 Å². The Morgan fingerprint density at radius 3 is 2.80 bits per heavy atom. The summed E-state index contributed by atoms with van der Waals surface area (Å²) in [5.74, 6) is -0.0221. The fraction of sp³-hybridized carbons (Fsp3) is 0.0909. The molecule has 0 saturated heterocycles. The van der Waals surface area contributed by atoms with E-state index in [1.165, 1.54) is 18.2 Å². The van der Waals surface area contributed by atoms with Crippen molar-refractivity contribution in [3.63, 3.8) is 0 Å². The summed E-state index contributed by atoms with van der Waals surface area (Å²) in [6.07, 6.45) is 3.80. The van der Waals surface area contributed by atoms with Gasteiger partial charge in [0.2, 0.25) is 0 Å². The van der Waals surface area contributed by atoms with Crippen LogP contribution in [0.2, 0.25) is 0 Å². The number of nitrogens with zero attached hydrogens (tertiary/aromatic N) is 3. The van der Waals surface area contributed by atoms with Gasteiger partial charge in [-0.3, -0.25) is 14.9 Å². The van der Waals surface area contributed by atoms with Gasteiger partial charge in [-0.15, -0.1) is 0 Å². The van der Waals surface area contributed by atoms with E-state index in [2.05, 4.69) is 10.3 Å². The third-order valence-electron chi connectivity index (χ3n) is 4.55. The van der Waals surface area contributed by atoms with Gasteiger partial charge in [0.05, 0.1) is 16.2 Å². The number of fused-ring (bicyclic) bond motifs is 1. The summed E-state index contributed by atoms with van der Waals surface area (Å²) in [6, 6.07) is 16.5. The highest BCUT2D eigenvalue weighted by Gasteiger charge is 2.15. The number of hydrogen-bond acceptors (Lipinski definition) is 5. The number of benzene rings is 2. The number of imidazole rings is 1. The van der Waals surface area contributed by atoms with Gasteiger partial charge in [0, 0.05) is 30.2 Å². The number of hydrogen-bond donors (Lipinski definition) is 1. The van der Waals surface area contributed by atoms with Crippen LogP contribution in [0.5, 0.6) is 5.75 Å². The van der Waals surface area contributed by atoms with Crippen LogP contribution in [0.15, 0.2) is 73.1 Å². The van der Waals surface area contributed by atoms with Gasteiger partial charge in [0.1, 0.15) is 18.0 Å². The molecule has 0 bridgehead atoms. The number of nitro groups is 1. The lowest BCUT2D eigenvalue weighted by molar-refractivity contribution is -0.384. The van der Waals surface area contributed by atoms with Crippen molar-refractivity contribution in [1.82, 2.24) is 9.38 Å². The summed E-state index contributed by atoms with van der Waals surface area (Å²) in [6.45, 7) is 2.18. The van der Waals surface area contributed by atoms with Crippen molar-refractivity contribution >= 4 is 22.9 Å². The maximum Gasteiger partial charge on any atom is 0.271 e. The quantitative estimate of drug-likeness (QED) is 0.381. The summed E-state index contributed by atoms with van der Waals surface area (Å²) in [5.41, 5.74) is 3.20. The first-order valence-electron chi connectivity index (χ1n) is 9.22. The first kappa shape index (κ1) is 19.1. The second kappa shape index (κ2) is 8.04. The molecule has 0 aliphatic heterocycles. The Kier molecular flexibility index (Phi) is 5.13. The van der Waals surface area contributed by atoms with Crippen LogP contribution in [-0.2, 0) is 6.61 Å². The maximum absolute atomic E-state index is 12.7. The zero-order valence-electron chi connectivity index (χ0n) is 16.1. The van der Waals surface area contributed by atoms with E-state index in [1.54, 1.807) is 30.3 Å². The highest BCUT2D eigenvalue weighted by molar-refractivity contribution is 6.06. The first-order chi connectivity index (χ1) is 14.5. The lowest BCUT2D eigenvalue weighted by Crippen LogP contribution is -2.13. The molecule has 0 aliphatic carbocycles. The van der Waals surface area contributed by atoms with Crippen molar-refractivity contribution in [2.75, 3.05) is 5.32 Å². The molecule has 30 heavy (non-hydrogen) atoms. The van der Waals surface area contributed by atoms with E-state index in [1.807, 2.05) is 35.9 Å². The SMILES string of the molecule is Cc1cccn2cc(COc3ccccc3C(=O)Nc3cccc([N+](=O)[O-])c3)nc12. The molecule has 1 N–H and O–H groups in total. The van der Waals surface area contributed by atoms with Crippen LogP contribution in [0.4, 0.5) is 11.4 Å². The van der Waals surface area contributed by atoms with Crippen molar-refractivity contribution in [3.05, 3.63) is 100.0 Å². The molecule has 0 aliphatic rings. The average Bonchev–Trinajstić information content (AvgIpc) is 3.17. The van der Waals surface area contributed by atoms with E-state index in [-0.39, 0.29) is 12.3 Å². The molecule has 8 heteroatoms. The lowest BCUT2D eigenvalue weighted by atomic mass is 10.1. The van der Waals surface area contributed by atoms with Crippen LogP contribution in [0.1, 0.15) is 21.6 Å². The highest BCUT2D eigenvalue weighted by atomic mass is 16.6. The summed E-state index contributed by atoms with van der Waals surface area (Å²) in [7, 11) is 0. The van der Waals surface area contributed by atoms with E-state index < -0.39 is 10.8 Å². The van der Waals surface area contributed by atoms with E-state index in [9.17, 15) is 14.9 Å². The fourth-order valence-corrected chi connectivity index (χ4v) is 3.10. The Bertz CT molecular complexity index is 1250. The Morgan fingerprint density at radius 2 is 2.00 bits per heavy atom. The number of ether oxygens (including phenoxy) is 1. The van der Waals surface area contributed by atoms with Gasteiger partial charge in [-0.1, -0.05) is 24.3 Å². The number of carbonyl (C=O) groups is 1. The molecule has 4 rings (SSSR count). The van der Waals surface area contributed by atoms with E-state index in [0.29, 0.717) is 17.0 Å². The first-order valence-corrected chi connectivity index (χ1v) is 9.22. The summed E-state index contributed by atoms with van der Waals surface area (Å²) >= 11 is 0. The molecule has 1 amide bonds. The molecule has 0 saturated carbocycles. The van der Waals surface area contributed by atoms with Crippen molar-refractivity contribution < 1.29 is 14.5 Å². The molecule has 0 spiro atoms. The number of nitrogens with one attached hydrogen (secondary N) is 1. The fourth-order valence-electron chi connectivity index (χ4n) is 3.10. The molecule has 2 heterocycles. The number of non-ortho nitro benzene ring substituents is 1. The van der Waals surface area contributed by atoms with E-state index in [0.717, 1.165) is 16.9 Å². The number of pyridine rings is 1. The smallest absolute Gasteiger partial charge is 0.271 e. The zero-order chi connectivity index (χ0) is 21.1. The molecule has 0 radical (unpaired) electrons. The van der Waals surface area contributed by atoms with Gasteiger partial charge in [0.25, 0.3) is 11.6 Å². The predicted octanol–water partition coefficient (Wildman–Crippen LogP) is 4.38. The summed E-state index contributed by atoms with van der Waals surface area (Å²) < 4.78 is 7.79. The standard InChI is InChI=1S/C22H18N4O4/c1-15-6-5-11-25-13-17(23-21(15)25)14-30-20-10-3-2-9-19(20)22(27)24-16-7-4-8-18(12-16)26(28)29/h2-13H,14H2,1H3,(H,24,27). The summed E-state index contributed by atoms with van der Waals surface area (Å²) in [4.78, 5) is 27.7. The monoisotopic (exact) mass is 402 g/mol. The lowest BCUT2D eigenvalue weighted by Gasteiger charge is -2.11. The van der Waals surface area contributed by atoms with Gasteiger partial charge in [-0.2, -0.15) is 0 Å². The van der Waals surface area contributed by atoms with E-state index >= 15 is 0 Å². The Hall–Kier alpha value is -4.20. The zero-order valence-corrected chi connectivity index (χ0v) is 16.1. The molecule has 2 aromatic heterocycles. The minimum Gasteiger partial charge on any atom is -0.486 e. The van der Waals surface area contributed by atoms with Crippen molar-refractivity contribution in [1.29, 1.82) is 0 Å². The minimum atomic E-state index is -0.511. The van der Waals surface area contributed by atoms with Gasteiger partial charge in [0.15, 0.2) is 0 Å². The van der Waals surface area contributed by atoms with Crippen molar-refractivity contribution in [3.8, 4) is 5.75 Å². The molecule has 8 nitrogen and oxygen atoms in total. The second-order valence-corrected chi connectivity index (χ2v) is 6.70. The number of carbonyl (C=O) groups excluding carboxylic acids is 1. The molecular formula is C22H18N4O4. The number of rotatable bonds is 6. The molecular weight excluding hydrogens is 384 g/mol. The normalized spacial score (nSPS) is 10.7. The average molecular weight is 402 g/mol. The number of aryl methyl sites for hydroxylation is 1. The minimum absolute atomic E-state index is 0.0977. The number of amides is 1. The molecule has 0 atom stereocenters. The van der Waals surface area contributed by atoms with Crippen LogP contribution >= 0.6 is 0 Å². The number of aromatic nitrogens is 2. The Morgan fingerprint density at radius 1 is 1.17 bits per heavy atom. The highest BCUT2D eigenvalue weighted by Crippen LogP contribution is 2.23. The number of anilines is 1. The van der Waals surface area contributed by atoms with Crippen LogP contribution in [0.3, 0.4) is 0 Å². The molecule has 0 fully saturated rings. The predicted molar refractivity (Wildman–Crippen MR) is 112 cm³/mol. The molecule has 0 unspecified atom stereocenters. The van der Waals surface area contributed by atoms with E-state index in [4.69, 9.17) is 4.74 Å². The third-order valence-corrected chi connectivity index (χ3v) is 4.55. The van der Waals surface area contributed by atoms with Gasteiger partial charge in [-0.05, 0) is 36.8 Å². The number of para-hydroxylation sites is 1. The number of nitro benzene ring substituents is 1. The van der Waals surface area contributed by atoms with Crippen LogP contribution in [0, 0.1) is 17.0 Å². The second-order valence-electron chi connectivity index (χ2n) is 6.70. The summed E-state index contributed by atoms with van der Waals surface area (Å²) in [5, 5.41) is 13.6. The Balaban J connectivity index is 1.51. The Labute approximate surface area is 171 Å². The van der Waals surface area contributed by atoms with Crippen molar-refractivity contribution in [2.24, 2.45) is 0 Å². The van der Waals surface area contributed by atoms with Crippen LogP contribution in [-0.4, -0.2) is 20.2 Å². The van der Waals surface area contributed by atoms with Gasteiger partial charge in [-0.25, -0.2) is 4.98 Å². The third kappa shape index (κ3) is 3.97. The van der Waals surface area contributed by atoms with Gasteiger partial charge >= 0.3 is 0 Å². The molecule has 150 valence electrons. The van der Waals surface area contributed by atoms with Crippen LogP contribution in [0.25, 0.3) is 5.65 Å². The maximum atomic E-state index is 12.7.